The maximum absolute atomic E-state index is 12.8. The lowest BCUT2D eigenvalue weighted by Crippen LogP contribution is -2.50. The molecule has 0 saturated carbocycles. The van der Waals surface area contributed by atoms with Crippen LogP contribution in [0.2, 0.25) is 18.1 Å². The molecule has 0 aromatic heterocycles. The van der Waals surface area contributed by atoms with E-state index in [0.717, 1.165) is 0 Å². The molecule has 1 fully saturated rings. The van der Waals surface area contributed by atoms with Crippen LogP contribution in [0.1, 0.15) is 33.6 Å². The summed E-state index contributed by atoms with van der Waals surface area (Å²) < 4.78 is 22.0. The first kappa shape index (κ1) is 22.8. The minimum absolute atomic E-state index is 0.0775. The van der Waals surface area contributed by atoms with Crippen LogP contribution in [-0.4, -0.2) is 58.6 Å². The van der Waals surface area contributed by atoms with Crippen molar-refractivity contribution in [1.29, 1.82) is 0 Å². The van der Waals surface area contributed by atoms with Crippen LogP contribution in [-0.2, 0) is 33.0 Å². The van der Waals surface area contributed by atoms with Crippen molar-refractivity contribution >= 4 is 26.0 Å². The Balaban J connectivity index is 2.21. The van der Waals surface area contributed by atoms with Crippen LogP contribution in [0.5, 0.6) is 0 Å². The van der Waals surface area contributed by atoms with Gasteiger partial charge in [0.1, 0.15) is 17.4 Å². The number of hydrogen-bond acceptors (Lipinski definition) is 7. The zero-order chi connectivity index (χ0) is 21.3. The molecule has 0 aromatic carbocycles. The van der Waals surface area contributed by atoms with E-state index in [1.807, 2.05) is 0 Å². The second-order valence-corrected chi connectivity index (χ2v) is 13.8. The summed E-state index contributed by atoms with van der Waals surface area (Å²) in [6, 6.07) is 0. The summed E-state index contributed by atoms with van der Waals surface area (Å²) in [5, 5.41) is 0.0775. The van der Waals surface area contributed by atoms with E-state index in [2.05, 4.69) is 33.9 Å². The Bertz CT molecular complexity index is 664. The number of esters is 2. The maximum Gasteiger partial charge on any atom is 0.313 e. The molecule has 2 heterocycles. The Hall–Kier alpha value is -1.51. The highest BCUT2D eigenvalue weighted by molar-refractivity contribution is 6.74. The first-order valence-electron chi connectivity index (χ1n) is 9.61. The molecule has 8 heteroatoms. The van der Waals surface area contributed by atoms with Crippen LogP contribution >= 0.6 is 0 Å². The number of rotatable bonds is 7. The molecular formula is C20H32O7Si. The molecule has 4 atom stereocenters. The number of fused-ring (bicyclic) bond motifs is 2. The van der Waals surface area contributed by atoms with Gasteiger partial charge >= 0.3 is 11.9 Å². The fourth-order valence-electron chi connectivity index (χ4n) is 3.65. The van der Waals surface area contributed by atoms with Crippen molar-refractivity contribution in [2.75, 3.05) is 20.8 Å². The van der Waals surface area contributed by atoms with Crippen molar-refractivity contribution in [3.8, 4) is 0 Å². The second kappa shape index (κ2) is 8.08. The van der Waals surface area contributed by atoms with E-state index in [-0.39, 0.29) is 17.2 Å². The van der Waals surface area contributed by atoms with Gasteiger partial charge in [0.05, 0.1) is 20.3 Å². The van der Waals surface area contributed by atoms with E-state index in [1.165, 1.54) is 26.4 Å². The van der Waals surface area contributed by atoms with Gasteiger partial charge in [-0.25, -0.2) is 0 Å². The van der Waals surface area contributed by atoms with Crippen LogP contribution in [0, 0.1) is 11.8 Å². The summed E-state index contributed by atoms with van der Waals surface area (Å²) in [6.07, 6.45) is 3.05. The zero-order valence-electron chi connectivity index (χ0n) is 17.9. The summed E-state index contributed by atoms with van der Waals surface area (Å²) in [6.45, 7) is 11.3. The van der Waals surface area contributed by atoms with Crippen molar-refractivity contribution in [2.45, 2.75) is 63.5 Å². The number of methoxy groups -OCH3 is 2. The van der Waals surface area contributed by atoms with Gasteiger partial charge in [-0.05, 0) is 37.0 Å². The van der Waals surface area contributed by atoms with E-state index < -0.39 is 43.8 Å². The van der Waals surface area contributed by atoms with Crippen LogP contribution in [0.15, 0.2) is 12.2 Å². The highest BCUT2D eigenvalue weighted by Gasteiger charge is 2.65. The van der Waals surface area contributed by atoms with Crippen molar-refractivity contribution in [2.24, 2.45) is 11.8 Å². The van der Waals surface area contributed by atoms with Gasteiger partial charge in [0, 0.05) is 6.61 Å². The van der Waals surface area contributed by atoms with Gasteiger partial charge in [-0.3, -0.25) is 14.4 Å². The molecule has 0 aliphatic carbocycles. The average molecular weight is 413 g/mol. The van der Waals surface area contributed by atoms with E-state index in [1.54, 1.807) is 0 Å². The van der Waals surface area contributed by atoms with Gasteiger partial charge in [-0.1, -0.05) is 26.8 Å². The molecule has 0 aromatic rings. The van der Waals surface area contributed by atoms with Crippen LogP contribution in [0.4, 0.5) is 0 Å². The molecule has 2 aliphatic rings. The first-order chi connectivity index (χ1) is 12.9. The van der Waals surface area contributed by atoms with E-state index in [4.69, 9.17) is 18.6 Å². The molecule has 2 bridgehead atoms. The number of hydrogen-bond donors (Lipinski definition) is 0. The lowest BCUT2D eigenvalue weighted by molar-refractivity contribution is -0.163. The number of ether oxygens (including phenoxy) is 3. The summed E-state index contributed by atoms with van der Waals surface area (Å²) >= 11 is 0. The number of ketones is 1. The normalized spacial score (nSPS) is 29.7. The second-order valence-electron chi connectivity index (χ2n) is 8.96. The molecule has 0 unspecified atom stereocenters. The minimum atomic E-state index is -1.92. The quantitative estimate of drug-likeness (QED) is 0.361. The van der Waals surface area contributed by atoms with Gasteiger partial charge < -0.3 is 18.6 Å². The third-order valence-electron chi connectivity index (χ3n) is 6.31. The topological polar surface area (TPSA) is 88.1 Å². The predicted octanol–water partition coefficient (Wildman–Crippen LogP) is 2.64. The third kappa shape index (κ3) is 3.95. The van der Waals surface area contributed by atoms with Crippen LogP contribution in [0.3, 0.4) is 0 Å². The molecule has 2 aliphatic heterocycles. The Labute approximate surface area is 167 Å². The first-order valence-corrected chi connectivity index (χ1v) is 12.5. The van der Waals surface area contributed by atoms with Crippen molar-refractivity contribution < 1.29 is 33.0 Å². The fourth-order valence-corrected chi connectivity index (χ4v) is 4.74. The molecule has 2 rings (SSSR count). The van der Waals surface area contributed by atoms with Gasteiger partial charge in [0.15, 0.2) is 14.1 Å². The molecule has 0 radical (unpaired) electrons. The highest BCUT2D eigenvalue weighted by Crippen LogP contribution is 2.48. The van der Waals surface area contributed by atoms with Gasteiger partial charge in [0.25, 0.3) is 0 Å². The Morgan fingerprint density at radius 1 is 1.18 bits per heavy atom. The summed E-state index contributed by atoms with van der Waals surface area (Å²) in [4.78, 5) is 37.7. The van der Waals surface area contributed by atoms with Crippen LogP contribution in [0.25, 0.3) is 0 Å². The van der Waals surface area contributed by atoms with Gasteiger partial charge in [0.2, 0.25) is 0 Å². The summed E-state index contributed by atoms with van der Waals surface area (Å²) in [5.41, 5.74) is -1.41. The molecule has 1 saturated heterocycles. The van der Waals surface area contributed by atoms with Gasteiger partial charge in [-0.2, -0.15) is 0 Å². The highest BCUT2D eigenvalue weighted by atomic mass is 28.4. The largest absolute Gasteiger partial charge is 0.469 e. The lowest BCUT2D eigenvalue weighted by atomic mass is 9.76. The van der Waals surface area contributed by atoms with E-state index in [0.29, 0.717) is 13.0 Å². The number of carbonyl (C=O) groups is 3. The zero-order valence-corrected chi connectivity index (χ0v) is 18.9. The summed E-state index contributed by atoms with van der Waals surface area (Å²) in [5.74, 6) is -3.48. The Kier molecular flexibility index (Phi) is 6.57. The smallest absolute Gasteiger partial charge is 0.313 e. The Morgan fingerprint density at radius 2 is 1.79 bits per heavy atom. The maximum atomic E-state index is 12.8. The molecule has 0 spiro atoms. The fraction of sp³-hybridized carbons (Fsp3) is 0.750. The van der Waals surface area contributed by atoms with Gasteiger partial charge in [-0.15, -0.1) is 0 Å². The molecule has 7 nitrogen and oxygen atoms in total. The molecular weight excluding hydrogens is 380 g/mol. The predicted molar refractivity (Wildman–Crippen MR) is 105 cm³/mol. The SMILES string of the molecule is COC(=O)[C@@H]1[C@@H](C(=O)OC)[C@@]2(CCCO[Si](C)(C)C(C)(C)C)O[C@@H]1C=CC2=O. The Morgan fingerprint density at radius 3 is 2.32 bits per heavy atom. The molecule has 158 valence electrons. The molecule has 28 heavy (non-hydrogen) atoms. The van der Waals surface area contributed by atoms with Crippen molar-refractivity contribution in [3.05, 3.63) is 12.2 Å². The number of carbonyl (C=O) groups excluding carboxylic acids is 3. The third-order valence-corrected chi connectivity index (χ3v) is 10.8. The van der Waals surface area contributed by atoms with Crippen molar-refractivity contribution in [3.63, 3.8) is 0 Å². The van der Waals surface area contributed by atoms with Crippen molar-refractivity contribution in [1.82, 2.24) is 0 Å². The standard InChI is InChI=1S/C20H32O7Si/c1-19(2,3)28(6,7)26-12-8-11-20-14(21)10-9-13(27-20)15(17(22)24-4)16(20)18(23)25-5/h9-10,13,15-16H,8,11-12H2,1-7H3/t13-,15+,16+,20+/m1/s1. The van der Waals surface area contributed by atoms with E-state index >= 15 is 0 Å². The molecule has 0 N–H and O–H groups in total. The minimum Gasteiger partial charge on any atom is -0.469 e. The van der Waals surface area contributed by atoms with Crippen LogP contribution < -0.4 is 0 Å². The lowest BCUT2D eigenvalue weighted by Gasteiger charge is -2.37. The molecule has 0 amide bonds. The average Bonchev–Trinajstić information content (AvgIpc) is 2.90. The summed E-state index contributed by atoms with van der Waals surface area (Å²) in [7, 11) is 0.574. The van der Waals surface area contributed by atoms with E-state index in [9.17, 15) is 14.4 Å². The monoisotopic (exact) mass is 412 g/mol.